The molecule has 1 aliphatic carbocycles. The number of hydrogen-bond donors (Lipinski definition) is 1. The highest BCUT2D eigenvalue weighted by Crippen LogP contribution is 2.40. The van der Waals surface area contributed by atoms with E-state index in [1.54, 1.807) is 23.5 Å². The molecular weight excluding hydrogens is 269 g/mol. The van der Waals surface area contributed by atoms with Crippen molar-refractivity contribution < 1.29 is 4.39 Å². The summed E-state index contributed by atoms with van der Waals surface area (Å²) in [5.74, 6) is 1.40. The van der Waals surface area contributed by atoms with Crippen molar-refractivity contribution in [3.63, 3.8) is 0 Å². The van der Waals surface area contributed by atoms with E-state index in [1.165, 1.54) is 30.6 Å². The average Bonchev–Trinajstić information content (AvgIpc) is 2.82. The molecule has 1 fully saturated rings. The van der Waals surface area contributed by atoms with E-state index in [0.717, 1.165) is 16.0 Å². The molecule has 0 aliphatic heterocycles. The zero-order valence-electron chi connectivity index (χ0n) is 12.2. The van der Waals surface area contributed by atoms with Gasteiger partial charge < -0.3 is 5.32 Å². The number of hydrogen-bond acceptors (Lipinski definition) is 2. The number of thiophene rings is 1. The first-order valence-corrected chi connectivity index (χ1v) is 8.35. The smallest absolute Gasteiger partial charge is 0.124 e. The van der Waals surface area contributed by atoms with Gasteiger partial charge >= 0.3 is 0 Å². The summed E-state index contributed by atoms with van der Waals surface area (Å²) in [7, 11) is 2.05. The van der Waals surface area contributed by atoms with Crippen molar-refractivity contribution in [2.45, 2.75) is 38.6 Å². The van der Waals surface area contributed by atoms with Crippen molar-refractivity contribution >= 4 is 21.4 Å². The Labute approximate surface area is 124 Å². The minimum atomic E-state index is -0.141. The topological polar surface area (TPSA) is 12.0 Å². The zero-order chi connectivity index (χ0) is 14.1. The van der Waals surface area contributed by atoms with Gasteiger partial charge in [0, 0.05) is 15.6 Å². The second kappa shape index (κ2) is 5.82. The number of fused-ring (bicyclic) bond motifs is 1. The highest BCUT2D eigenvalue weighted by Gasteiger charge is 2.27. The molecule has 1 aromatic carbocycles. The van der Waals surface area contributed by atoms with Gasteiger partial charge in [0.25, 0.3) is 0 Å². The predicted octanol–water partition coefficient (Wildman–Crippen LogP) is 5.13. The SMILES string of the molecule is CNC(c1cc2ccc(F)cc2s1)C1CCCC(C)C1. The maximum absolute atomic E-state index is 13.3. The normalized spacial score (nSPS) is 24.9. The summed E-state index contributed by atoms with van der Waals surface area (Å²) >= 11 is 1.74. The molecule has 0 saturated heterocycles. The van der Waals surface area contributed by atoms with Crippen LogP contribution in [-0.4, -0.2) is 7.05 Å². The van der Waals surface area contributed by atoms with Crippen molar-refractivity contribution in [3.05, 3.63) is 35.0 Å². The molecule has 3 heteroatoms. The predicted molar refractivity (Wildman–Crippen MR) is 84.7 cm³/mol. The molecule has 1 N–H and O–H groups in total. The molecule has 0 radical (unpaired) electrons. The highest BCUT2D eigenvalue weighted by atomic mass is 32.1. The number of nitrogens with one attached hydrogen (secondary N) is 1. The molecule has 0 amide bonds. The summed E-state index contributed by atoms with van der Waals surface area (Å²) in [5.41, 5.74) is 0. The molecule has 3 rings (SSSR count). The molecule has 3 unspecified atom stereocenters. The van der Waals surface area contributed by atoms with Crippen molar-refractivity contribution in [3.8, 4) is 0 Å². The van der Waals surface area contributed by atoms with Gasteiger partial charge in [-0.25, -0.2) is 4.39 Å². The van der Waals surface area contributed by atoms with E-state index >= 15 is 0 Å². The van der Waals surface area contributed by atoms with Crippen LogP contribution in [0.4, 0.5) is 4.39 Å². The van der Waals surface area contributed by atoms with E-state index in [-0.39, 0.29) is 5.82 Å². The van der Waals surface area contributed by atoms with Gasteiger partial charge in [-0.15, -0.1) is 11.3 Å². The van der Waals surface area contributed by atoms with Crippen LogP contribution in [0.25, 0.3) is 10.1 Å². The lowest BCUT2D eigenvalue weighted by Gasteiger charge is -2.32. The molecule has 1 heterocycles. The summed E-state index contributed by atoms with van der Waals surface area (Å²) in [5, 5.41) is 4.66. The molecule has 2 aromatic rings. The van der Waals surface area contributed by atoms with Crippen LogP contribution in [-0.2, 0) is 0 Å². The number of halogens is 1. The maximum atomic E-state index is 13.3. The third-order valence-corrected chi connectivity index (χ3v) is 5.75. The van der Waals surface area contributed by atoms with E-state index in [0.29, 0.717) is 12.0 Å². The lowest BCUT2D eigenvalue weighted by molar-refractivity contribution is 0.232. The summed E-state index contributed by atoms with van der Waals surface area (Å²) < 4.78 is 14.4. The Morgan fingerprint density at radius 1 is 1.30 bits per heavy atom. The fourth-order valence-electron chi connectivity index (χ4n) is 3.57. The van der Waals surface area contributed by atoms with E-state index in [1.807, 2.05) is 6.07 Å². The Bertz CT molecular complexity index is 592. The van der Waals surface area contributed by atoms with Crippen LogP contribution >= 0.6 is 11.3 Å². The lowest BCUT2D eigenvalue weighted by Crippen LogP contribution is -2.28. The van der Waals surface area contributed by atoms with E-state index in [2.05, 4.69) is 25.4 Å². The summed E-state index contributed by atoms with van der Waals surface area (Å²) in [4.78, 5) is 1.35. The van der Waals surface area contributed by atoms with E-state index in [4.69, 9.17) is 0 Å². The first kappa shape index (κ1) is 14.0. The fraction of sp³-hybridized carbons (Fsp3) is 0.529. The van der Waals surface area contributed by atoms with E-state index in [9.17, 15) is 4.39 Å². The largest absolute Gasteiger partial charge is 0.312 e. The third-order valence-electron chi connectivity index (χ3n) is 4.57. The van der Waals surface area contributed by atoms with Crippen LogP contribution < -0.4 is 5.32 Å². The van der Waals surface area contributed by atoms with Gasteiger partial charge in [0.15, 0.2) is 0 Å². The quantitative estimate of drug-likeness (QED) is 0.827. The molecule has 0 bridgehead atoms. The van der Waals surface area contributed by atoms with Crippen LogP contribution in [0, 0.1) is 17.7 Å². The molecule has 1 aliphatic rings. The van der Waals surface area contributed by atoms with Crippen LogP contribution in [0.5, 0.6) is 0 Å². The third kappa shape index (κ3) is 2.75. The second-order valence-corrected chi connectivity index (χ2v) is 7.24. The van der Waals surface area contributed by atoms with E-state index < -0.39 is 0 Å². The molecule has 0 spiro atoms. The maximum Gasteiger partial charge on any atom is 0.124 e. The molecule has 1 saturated carbocycles. The first-order chi connectivity index (χ1) is 9.67. The Hall–Kier alpha value is -0.930. The highest BCUT2D eigenvalue weighted by molar-refractivity contribution is 7.19. The monoisotopic (exact) mass is 291 g/mol. The van der Waals surface area contributed by atoms with Gasteiger partial charge in [-0.05, 0) is 55.3 Å². The second-order valence-electron chi connectivity index (χ2n) is 6.13. The fourth-order valence-corrected chi connectivity index (χ4v) is 4.87. The summed E-state index contributed by atoms with van der Waals surface area (Å²) in [6, 6.07) is 7.74. The van der Waals surface area contributed by atoms with Crippen molar-refractivity contribution in [2.75, 3.05) is 7.05 Å². The van der Waals surface area contributed by atoms with Crippen molar-refractivity contribution in [1.82, 2.24) is 5.32 Å². The summed E-state index contributed by atoms with van der Waals surface area (Å²) in [6.45, 7) is 2.36. The van der Waals surface area contributed by atoms with Gasteiger partial charge in [-0.2, -0.15) is 0 Å². The Balaban J connectivity index is 1.90. The van der Waals surface area contributed by atoms with Gasteiger partial charge in [0.05, 0.1) is 0 Å². The standard InChI is InChI=1S/C17H22FNS/c1-11-4-3-5-13(8-11)17(19-2)16-9-12-6-7-14(18)10-15(12)20-16/h6-7,9-11,13,17,19H,3-5,8H2,1-2H3. The van der Waals surface area contributed by atoms with Crippen molar-refractivity contribution in [2.24, 2.45) is 11.8 Å². The van der Waals surface area contributed by atoms with Crippen LogP contribution in [0.2, 0.25) is 0 Å². The summed E-state index contributed by atoms with van der Waals surface area (Å²) in [6.07, 6.45) is 5.31. The Morgan fingerprint density at radius 2 is 2.15 bits per heavy atom. The Morgan fingerprint density at radius 3 is 2.90 bits per heavy atom. The molecule has 1 aromatic heterocycles. The zero-order valence-corrected chi connectivity index (χ0v) is 13.0. The minimum Gasteiger partial charge on any atom is -0.312 e. The molecular formula is C17H22FNS. The van der Waals surface area contributed by atoms with Crippen LogP contribution in [0.1, 0.15) is 43.5 Å². The van der Waals surface area contributed by atoms with Crippen LogP contribution in [0.3, 0.4) is 0 Å². The van der Waals surface area contributed by atoms with Gasteiger partial charge in [0.2, 0.25) is 0 Å². The minimum absolute atomic E-state index is 0.141. The molecule has 108 valence electrons. The van der Waals surface area contributed by atoms with Crippen molar-refractivity contribution in [1.29, 1.82) is 0 Å². The average molecular weight is 291 g/mol. The van der Waals surface area contributed by atoms with Gasteiger partial charge in [-0.3, -0.25) is 0 Å². The first-order valence-electron chi connectivity index (χ1n) is 7.53. The lowest BCUT2D eigenvalue weighted by atomic mass is 9.78. The molecule has 1 nitrogen and oxygen atoms in total. The number of benzene rings is 1. The number of rotatable bonds is 3. The van der Waals surface area contributed by atoms with Gasteiger partial charge in [0.1, 0.15) is 5.82 Å². The van der Waals surface area contributed by atoms with Crippen LogP contribution in [0.15, 0.2) is 24.3 Å². The molecule has 20 heavy (non-hydrogen) atoms. The van der Waals surface area contributed by atoms with Gasteiger partial charge in [-0.1, -0.05) is 25.8 Å². The molecule has 3 atom stereocenters. The Kier molecular flexibility index (Phi) is 4.08.